The van der Waals surface area contributed by atoms with Crippen molar-refractivity contribution in [1.29, 1.82) is 0 Å². The zero-order valence-corrected chi connectivity index (χ0v) is 10.7. The Kier molecular flexibility index (Phi) is 3.94. The number of hydrogen-bond acceptors (Lipinski definition) is 4. The molecule has 1 aromatic heterocycles. The number of benzene rings is 1. The summed E-state index contributed by atoms with van der Waals surface area (Å²) in [6.07, 6.45) is 3.65. The third-order valence-electron chi connectivity index (χ3n) is 3.06. The van der Waals surface area contributed by atoms with E-state index in [9.17, 15) is 14.9 Å². The summed E-state index contributed by atoms with van der Waals surface area (Å²) in [6, 6.07) is 6.06. The van der Waals surface area contributed by atoms with Crippen LogP contribution in [-0.4, -0.2) is 4.92 Å². The van der Waals surface area contributed by atoms with Crippen molar-refractivity contribution >= 4 is 16.5 Å². The van der Waals surface area contributed by atoms with E-state index in [1.54, 1.807) is 12.1 Å². The minimum Gasteiger partial charge on any atom is -0.427 e. The van der Waals surface area contributed by atoms with Crippen molar-refractivity contribution in [2.75, 3.05) is 0 Å². The van der Waals surface area contributed by atoms with Gasteiger partial charge in [0.1, 0.15) is 5.76 Å². The normalized spacial score (nSPS) is 10.8. The first-order valence-corrected chi connectivity index (χ1v) is 6.33. The molecule has 0 radical (unpaired) electrons. The number of non-ortho nitro benzene ring substituents is 1. The second kappa shape index (κ2) is 5.65. The molecule has 2 aromatic rings. The molecule has 0 N–H and O–H groups in total. The average molecular weight is 261 g/mol. The van der Waals surface area contributed by atoms with E-state index in [4.69, 9.17) is 4.42 Å². The lowest BCUT2D eigenvalue weighted by atomic mass is 10.1. The van der Waals surface area contributed by atoms with E-state index < -0.39 is 10.5 Å². The summed E-state index contributed by atoms with van der Waals surface area (Å²) in [4.78, 5) is 22.3. The molecule has 1 heterocycles. The number of nitro benzene ring substituents is 1. The fourth-order valence-corrected chi connectivity index (χ4v) is 2.08. The zero-order valence-electron chi connectivity index (χ0n) is 10.7. The van der Waals surface area contributed by atoms with Gasteiger partial charge in [-0.25, -0.2) is 4.79 Å². The molecule has 0 bridgehead atoms. The lowest BCUT2D eigenvalue weighted by molar-refractivity contribution is -0.383. The molecule has 0 aliphatic heterocycles. The van der Waals surface area contributed by atoms with Gasteiger partial charge in [-0.05, 0) is 18.6 Å². The minimum absolute atomic E-state index is 0.0536. The van der Waals surface area contributed by atoms with Crippen molar-refractivity contribution < 1.29 is 9.34 Å². The van der Waals surface area contributed by atoms with Gasteiger partial charge >= 0.3 is 5.63 Å². The van der Waals surface area contributed by atoms with Crippen LogP contribution in [0, 0.1) is 10.1 Å². The largest absolute Gasteiger partial charge is 0.427 e. The van der Waals surface area contributed by atoms with Crippen molar-refractivity contribution in [3.63, 3.8) is 0 Å². The Bertz CT molecular complexity index is 660. The van der Waals surface area contributed by atoms with Crippen LogP contribution < -0.4 is 5.63 Å². The van der Waals surface area contributed by atoms with Crippen LogP contribution in [0.5, 0.6) is 0 Å². The highest BCUT2D eigenvalue weighted by Gasteiger charge is 2.15. The Morgan fingerprint density at radius 3 is 2.74 bits per heavy atom. The Labute approximate surface area is 110 Å². The molecule has 2 rings (SSSR count). The van der Waals surface area contributed by atoms with Crippen molar-refractivity contribution in [3.8, 4) is 0 Å². The number of aryl methyl sites for hydroxylation is 1. The molecule has 0 aliphatic carbocycles. The van der Waals surface area contributed by atoms with E-state index in [-0.39, 0.29) is 11.1 Å². The van der Waals surface area contributed by atoms with Gasteiger partial charge in [0, 0.05) is 12.5 Å². The zero-order chi connectivity index (χ0) is 13.8. The van der Waals surface area contributed by atoms with Crippen LogP contribution in [-0.2, 0) is 6.42 Å². The van der Waals surface area contributed by atoms with E-state index >= 15 is 0 Å². The van der Waals surface area contributed by atoms with Crippen LogP contribution in [0.4, 0.5) is 5.69 Å². The molecule has 5 heteroatoms. The van der Waals surface area contributed by atoms with Crippen LogP contribution >= 0.6 is 0 Å². The molecule has 0 unspecified atom stereocenters. The first-order chi connectivity index (χ1) is 9.13. The third-order valence-corrected chi connectivity index (χ3v) is 3.06. The average Bonchev–Trinajstić information content (AvgIpc) is 2.38. The third kappa shape index (κ3) is 2.81. The maximum absolute atomic E-state index is 11.8. The van der Waals surface area contributed by atoms with Gasteiger partial charge in [0.25, 0.3) is 5.69 Å². The van der Waals surface area contributed by atoms with Crippen LogP contribution in [0.3, 0.4) is 0 Å². The summed E-state index contributed by atoms with van der Waals surface area (Å²) in [7, 11) is 0. The molecule has 0 fully saturated rings. The molecular weight excluding hydrogens is 246 g/mol. The molecule has 100 valence electrons. The van der Waals surface area contributed by atoms with E-state index in [0.717, 1.165) is 19.3 Å². The Morgan fingerprint density at radius 2 is 2.05 bits per heavy atom. The monoisotopic (exact) mass is 261 g/mol. The predicted molar refractivity (Wildman–Crippen MR) is 72.4 cm³/mol. The number of nitrogens with zero attached hydrogens (tertiary/aromatic N) is 1. The van der Waals surface area contributed by atoms with Gasteiger partial charge in [-0.15, -0.1) is 0 Å². The summed E-state index contributed by atoms with van der Waals surface area (Å²) >= 11 is 0. The molecule has 1 aromatic carbocycles. The van der Waals surface area contributed by atoms with Crippen LogP contribution in [0.15, 0.2) is 33.5 Å². The van der Waals surface area contributed by atoms with E-state index in [1.165, 1.54) is 12.1 Å². The SMILES string of the molecule is CCCCCc1cc2c([N+](=O)[O-])cccc2c(=O)o1. The fourth-order valence-electron chi connectivity index (χ4n) is 2.08. The topological polar surface area (TPSA) is 73.3 Å². The lowest BCUT2D eigenvalue weighted by Gasteiger charge is -2.02. The van der Waals surface area contributed by atoms with Crippen molar-refractivity contribution in [2.24, 2.45) is 0 Å². The summed E-state index contributed by atoms with van der Waals surface area (Å²) in [5, 5.41) is 11.6. The van der Waals surface area contributed by atoms with Gasteiger partial charge in [0.05, 0.1) is 15.7 Å². The van der Waals surface area contributed by atoms with Gasteiger partial charge in [-0.2, -0.15) is 0 Å². The molecule has 19 heavy (non-hydrogen) atoms. The first-order valence-electron chi connectivity index (χ1n) is 6.33. The lowest BCUT2D eigenvalue weighted by Crippen LogP contribution is -2.03. The highest BCUT2D eigenvalue weighted by molar-refractivity contribution is 5.89. The molecule has 0 amide bonds. The van der Waals surface area contributed by atoms with E-state index in [1.807, 2.05) is 0 Å². The molecule has 0 aliphatic rings. The summed E-state index contributed by atoms with van der Waals surface area (Å²) in [6.45, 7) is 2.08. The summed E-state index contributed by atoms with van der Waals surface area (Å²) in [5.41, 5.74) is -0.560. The van der Waals surface area contributed by atoms with Gasteiger partial charge in [0.15, 0.2) is 0 Å². The Hall–Kier alpha value is -2.17. The van der Waals surface area contributed by atoms with Crippen LogP contribution in [0.2, 0.25) is 0 Å². The molecule has 5 nitrogen and oxygen atoms in total. The number of rotatable bonds is 5. The number of fused-ring (bicyclic) bond motifs is 1. The highest BCUT2D eigenvalue weighted by atomic mass is 16.6. The van der Waals surface area contributed by atoms with E-state index in [2.05, 4.69) is 6.92 Å². The molecule has 0 spiro atoms. The number of hydrogen-bond donors (Lipinski definition) is 0. The van der Waals surface area contributed by atoms with Crippen LogP contribution in [0.25, 0.3) is 10.8 Å². The second-order valence-electron chi connectivity index (χ2n) is 4.45. The van der Waals surface area contributed by atoms with Crippen molar-refractivity contribution in [1.82, 2.24) is 0 Å². The summed E-state index contributed by atoms with van der Waals surface area (Å²) in [5.74, 6) is 0.514. The van der Waals surface area contributed by atoms with Crippen LogP contribution in [0.1, 0.15) is 31.9 Å². The van der Waals surface area contributed by atoms with Crippen molar-refractivity contribution in [3.05, 3.63) is 50.6 Å². The quantitative estimate of drug-likeness (QED) is 0.469. The first kappa shape index (κ1) is 13.3. The van der Waals surface area contributed by atoms with Gasteiger partial charge in [0.2, 0.25) is 0 Å². The smallest absolute Gasteiger partial charge is 0.344 e. The fraction of sp³-hybridized carbons (Fsp3) is 0.357. The van der Waals surface area contributed by atoms with Gasteiger partial charge < -0.3 is 4.42 Å². The second-order valence-corrected chi connectivity index (χ2v) is 4.45. The standard InChI is InChI=1S/C14H15NO4/c1-2-3-4-6-10-9-12-11(14(16)19-10)7-5-8-13(12)15(17)18/h5,7-9H,2-4,6H2,1H3. The molecule has 0 saturated carbocycles. The molecular formula is C14H15NO4. The number of unbranched alkanes of at least 4 members (excludes halogenated alkanes) is 2. The van der Waals surface area contributed by atoms with Gasteiger partial charge in [-0.3, -0.25) is 10.1 Å². The maximum atomic E-state index is 11.8. The summed E-state index contributed by atoms with van der Waals surface area (Å²) < 4.78 is 5.19. The minimum atomic E-state index is -0.507. The maximum Gasteiger partial charge on any atom is 0.344 e. The molecule has 0 saturated heterocycles. The Morgan fingerprint density at radius 1 is 1.26 bits per heavy atom. The number of nitro groups is 1. The Balaban J connectivity index is 2.50. The predicted octanol–water partition coefficient (Wildman–Crippen LogP) is 3.43. The van der Waals surface area contributed by atoms with Gasteiger partial charge in [-0.1, -0.05) is 25.8 Å². The van der Waals surface area contributed by atoms with Crippen molar-refractivity contribution in [2.45, 2.75) is 32.6 Å². The highest BCUT2D eigenvalue weighted by Crippen LogP contribution is 2.24. The van der Waals surface area contributed by atoms with E-state index in [0.29, 0.717) is 17.6 Å². The molecule has 0 atom stereocenters.